The lowest BCUT2D eigenvalue weighted by Crippen LogP contribution is -2.56. The summed E-state index contributed by atoms with van der Waals surface area (Å²) in [4.78, 5) is 34.4. The first-order chi connectivity index (χ1) is 11.0. The van der Waals surface area contributed by atoms with Gasteiger partial charge in [-0.2, -0.15) is 0 Å². The number of hydrogen-bond donors (Lipinski definition) is 1. The molecule has 2 saturated heterocycles. The number of pyridine rings is 1. The lowest BCUT2D eigenvalue weighted by Gasteiger charge is -2.36. The molecule has 0 spiro atoms. The van der Waals surface area contributed by atoms with Crippen molar-refractivity contribution in [3.63, 3.8) is 0 Å². The molecule has 7 nitrogen and oxygen atoms in total. The summed E-state index contributed by atoms with van der Waals surface area (Å²) in [5.41, 5.74) is 0.884. The van der Waals surface area contributed by atoms with E-state index in [0.29, 0.717) is 32.7 Å². The normalized spacial score (nSPS) is 20.9. The molecule has 23 heavy (non-hydrogen) atoms. The Morgan fingerprint density at radius 3 is 2.87 bits per heavy atom. The molecule has 1 atom stereocenters. The first kappa shape index (κ1) is 15.6. The molecular formula is C16H23N5O2. The fourth-order valence-corrected chi connectivity index (χ4v) is 3.12. The van der Waals surface area contributed by atoms with Gasteiger partial charge < -0.3 is 20.0 Å². The quantitative estimate of drug-likeness (QED) is 0.908. The zero-order chi connectivity index (χ0) is 16.4. The first-order valence-electron chi connectivity index (χ1n) is 8.05. The number of hydrogen-bond acceptors (Lipinski definition) is 3. The predicted octanol–water partition coefficient (Wildman–Crippen LogP) is 1.12. The second-order valence-corrected chi connectivity index (χ2v) is 6.38. The third-order valence-corrected chi connectivity index (χ3v) is 4.21. The number of amides is 4. The van der Waals surface area contributed by atoms with E-state index in [1.54, 1.807) is 11.1 Å². The average molecular weight is 317 g/mol. The molecular weight excluding hydrogens is 294 g/mol. The summed E-state index contributed by atoms with van der Waals surface area (Å²) in [6, 6.07) is 5.90. The van der Waals surface area contributed by atoms with Crippen LogP contribution < -0.4 is 5.32 Å². The highest BCUT2D eigenvalue weighted by molar-refractivity contribution is 5.79. The molecule has 3 heterocycles. The van der Waals surface area contributed by atoms with Crippen LogP contribution in [0, 0.1) is 0 Å². The second-order valence-electron chi connectivity index (χ2n) is 6.38. The predicted molar refractivity (Wildman–Crippen MR) is 85.8 cm³/mol. The van der Waals surface area contributed by atoms with Gasteiger partial charge in [-0.25, -0.2) is 9.59 Å². The van der Waals surface area contributed by atoms with Crippen molar-refractivity contribution in [2.75, 3.05) is 26.2 Å². The number of nitrogens with one attached hydrogen (secondary N) is 1. The Balaban J connectivity index is 1.62. The highest BCUT2D eigenvalue weighted by Crippen LogP contribution is 2.22. The molecule has 1 unspecified atom stereocenters. The molecule has 1 aromatic rings. The van der Waals surface area contributed by atoms with Crippen LogP contribution in [0.1, 0.15) is 19.5 Å². The highest BCUT2D eigenvalue weighted by Gasteiger charge is 2.41. The monoisotopic (exact) mass is 317 g/mol. The Morgan fingerprint density at radius 2 is 2.17 bits per heavy atom. The molecule has 0 aliphatic carbocycles. The fourth-order valence-electron chi connectivity index (χ4n) is 3.12. The van der Waals surface area contributed by atoms with E-state index >= 15 is 0 Å². The Morgan fingerprint density at radius 1 is 1.35 bits per heavy atom. The summed E-state index contributed by atoms with van der Waals surface area (Å²) >= 11 is 0. The third-order valence-electron chi connectivity index (χ3n) is 4.21. The number of carbonyl (C=O) groups excluding carboxylic acids is 2. The molecule has 3 rings (SSSR count). The van der Waals surface area contributed by atoms with E-state index in [1.165, 1.54) is 0 Å². The SMILES string of the molecule is CC(C)NC(=O)N1CCN2C(=O)N(Cc3ccccn3)CC2C1. The molecule has 0 radical (unpaired) electrons. The smallest absolute Gasteiger partial charge is 0.320 e. The van der Waals surface area contributed by atoms with Crippen molar-refractivity contribution in [2.45, 2.75) is 32.5 Å². The van der Waals surface area contributed by atoms with Crippen LogP contribution in [0.4, 0.5) is 9.59 Å². The topological polar surface area (TPSA) is 68.8 Å². The van der Waals surface area contributed by atoms with Gasteiger partial charge in [0.1, 0.15) is 0 Å². The summed E-state index contributed by atoms with van der Waals surface area (Å²) < 4.78 is 0. The molecule has 7 heteroatoms. The Labute approximate surface area is 136 Å². The van der Waals surface area contributed by atoms with Crippen molar-refractivity contribution in [3.05, 3.63) is 30.1 Å². The number of rotatable bonds is 3. The zero-order valence-corrected chi connectivity index (χ0v) is 13.6. The maximum absolute atomic E-state index is 12.5. The maximum Gasteiger partial charge on any atom is 0.320 e. The molecule has 0 saturated carbocycles. The molecule has 2 aliphatic rings. The van der Waals surface area contributed by atoms with Crippen LogP contribution in [0.15, 0.2) is 24.4 Å². The number of carbonyl (C=O) groups is 2. The van der Waals surface area contributed by atoms with Gasteiger partial charge in [0.2, 0.25) is 0 Å². The molecule has 2 aliphatic heterocycles. The van der Waals surface area contributed by atoms with E-state index in [1.807, 2.05) is 41.8 Å². The van der Waals surface area contributed by atoms with Crippen LogP contribution in [-0.4, -0.2) is 70.0 Å². The van der Waals surface area contributed by atoms with Gasteiger partial charge in [0.25, 0.3) is 0 Å². The van der Waals surface area contributed by atoms with E-state index in [-0.39, 0.29) is 24.1 Å². The lowest BCUT2D eigenvalue weighted by atomic mass is 10.2. The van der Waals surface area contributed by atoms with Gasteiger partial charge in [0.05, 0.1) is 18.3 Å². The minimum Gasteiger partial charge on any atom is -0.336 e. The number of piperazine rings is 1. The Bertz CT molecular complexity index is 577. The van der Waals surface area contributed by atoms with Crippen LogP contribution in [-0.2, 0) is 6.54 Å². The van der Waals surface area contributed by atoms with Crippen LogP contribution in [0.5, 0.6) is 0 Å². The van der Waals surface area contributed by atoms with Crippen molar-refractivity contribution >= 4 is 12.1 Å². The standard InChI is InChI=1S/C16H23N5O2/c1-12(2)18-15(22)19-7-8-21-14(10-19)11-20(16(21)23)9-13-5-3-4-6-17-13/h3-6,12,14H,7-11H2,1-2H3,(H,18,22). The van der Waals surface area contributed by atoms with E-state index < -0.39 is 0 Å². The summed E-state index contributed by atoms with van der Waals surface area (Å²) in [6.07, 6.45) is 1.74. The molecule has 124 valence electrons. The summed E-state index contributed by atoms with van der Waals surface area (Å²) in [6.45, 7) is 6.81. The third kappa shape index (κ3) is 3.38. The minimum atomic E-state index is -0.0460. The fraction of sp³-hybridized carbons (Fsp3) is 0.562. The van der Waals surface area contributed by atoms with Gasteiger partial charge in [0.15, 0.2) is 0 Å². The van der Waals surface area contributed by atoms with Crippen LogP contribution >= 0.6 is 0 Å². The molecule has 4 amide bonds. The molecule has 0 bridgehead atoms. The van der Waals surface area contributed by atoms with Gasteiger partial charge >= 0.3 is 12.1 Å². The molecule has 0 aromatic carbocycles. The summed E-state index contributed by atoms with van der Waals surface area (Å²) in [5.74, 6) is 0. The molecule has 1 aromatic heterocycles. The summed E-state index contributed by atoms with van der Waals surface area (Å²) in [5, 5.41) is 2.91. The van der Waals surface area contributed by atoms with E-state index in [4.69, 9.17) is 0 Å². The van der Waals surface area contributed by atoms with Gasteiger partial charge in [-0.3, -0.25) is 4.98 Å². The van der Waals surface area contributed by atoms with Gasteiger partial charge in [0, 0.05) is 38.4 Å². The van der Waals surface area contributed by atoms with Crippen LogP contribution in [0.2, 0.25) is 0 Å². The lowest BCUT2D eigenvalue weighted by molar-refractivity contribution is 0.128. The Hall–Kier alpha value is -2.31. The number of fused-ring (bicyclic) bond motifs is 1. The highest BCUT2D eigenvalue weighted by atomic mass is 16.2. The zero-order valence-electron chi connectivity index (χ0n) is 13.6. The number of urea groups is 2. The van der Waals surface area contributed by atoms with Crippen LogP contribution in [0.25, 0.3) is 0 Å². The average Bonchev–Trinajstić information content (AvgIpc) is 2.83. The van der Waals surface area contributed by atoms with Crippen molar-refractivity contribution in [1.29, 1.82) is 0 Å². The second kappa shape index (κ2) is 6.44. The largest absolute Gasteiger partial charge is 0.336 e. The van der Waals surface area contributed by atoms with Gasteiger partial charge in [-0.05, 0) is 26.0 Å². The first-order valence-corrected chi connectivity index (χ1v) is 8.05. The van der Waals surface area contributed by atoms with E-state index in [0.717, 1.165) is 5.69 Å². The number of nitrogens with zero attached hydrogens (tertiary/aromatic N) is 4. The summed E-state index contributed by atoms with van der Waals surface area (Å²) in [7, 11) is 0. The van der Waals surface area contributed by atoms with Gasteiger partial charge in [-0.1, -0.05) is 6.07 Å². The van der Waals surface area contributed by atoms with Crippen LogP contribution in [0.3, 0.4) is 0 Å². The van der Waals surface area contributed by atoms with Gasteiger partial charge in [-0.15, -0.1) is 0 Å². The van der Waals surface area contributed by atoms with E-state index in [2.05, 4.69) is 10.3 Å². The minimum absolute atomic E-state index is 0.0459. The van der Waals surface area contributed by atoms with Crippen molar-refractivity contribution in [2.24, 2.45) is 0 Å². The van der Waals surface area contributed by atoms with Crippen molar-refractivity contribution in [3.8, 4) is 0 Å². The molecule has 2 fully saturated rings. The molecule has 1 N–H and O–H groups in total. The number of aromatic nitrogens is 1. The van der Waals surface area contributed by atoms with Crippen molar-refractivity contribution in [1.82, 2.24) is 25.0 Å². The van der Waals surface area contributed by atoms with Crippen molar-refractivity contribution < 1.29 is 9.59 Å². The van der Waals surface area contributed by atoms with E-state index in [9.17, 15) is 9.59 Å². The Kier molecular flexibility index (Phi) is 4.36. The maximum atomic E-state index is 12.5.